The van der Waals surface area contributed by atoms with E-state index in [1.165, 1.54) is 6.33 Å². The van der Waals surface area contributed by atoms with Crippen LogP contribution < -0.4 is 0 Å². The Balaban J connectivity index is 2.50. The van der Waals surface area contributed by atoms with Crippen molar-refractivity contribution in [1.29, 1.82) is 0 Å². The predicted molar refractivity (Wildman–Crippen MR) is 74.8 cm³/mol. The average molecular weight is 280 g/mol. The molecule has 0 bridgehead atoms. The molecule has 1 aromatic heterocycles. The summed E-state index contributed by atoms with van der Waals surface area (Å²) >= 11 is 6.25. The van der Waals surface area contributed by atoms with Crippen LogP contribution in [0.1, 0.15) is 26.3 Å². The molecule has 1 atom stereocenters. The van der Waals surface area contributed by atoms with E-state index in [9.17, 15) is 5.11 Å². The first-order valence-corrected chi connectivity index (χ1v) is 6.52. The Hall–Kier alpha value is -1.39. The molecular formula is C14H18ClN3O. The van der Waals surface area contributed by atoms with E-state index in [1.807, 2.05) is 39.0 Å². The molecule has 0 fully saturated rings. The molecule has 0 aliphatic carbocycles. The topological polar surface area (TPSA) is 50.9 Å². The second-order valence-corrected chi connectivity index (χ2v) is 6.09. The van der Waals surface area contributed by atoms with E-state index in [-0.39, 0.29) is 0 Å². The minimum Gasteiger partial charge on any atom is -0.383 e. The van der Waals surface area contributed by atoms with Gasteiger partial charge in [0.1, 0.15) is 18.3 Å². The van der Waals surface area contributed by atoms with Crippen LogP contribution in [0.25, 0.3) is 0 Å². The lowest BCUT2D eigenvalue weighted by atomic mass is 9.72. The zero-order valence-corrected chi connectivity index (χ0v) is 12.1. The molecule has 19 heavy (non-hydrogen) atoms. The Bertz CT molecular complexity index is 548. The van der Waals surface area contributed by atoms with E-state index >= 15 is 0 Å². The Kier molecular flexibility index (Phi) is 3.65. The summed E-state index contributed by atoms with van der Waals surface area (Å²) in [6, 6.07) is 7.36. The second-order valence-electron chi connectivity index (χ2n) is 5.68. The van der Waals surface area contributed by atoms with Crippen molar-refractivity contribution in [2.45, 2.75) is 32.9 Å². The molecule has 1 unspecified atom stereocenters. The van der Waals surface area contributed by atoms with Gasteiger partial charge >= 0.3 is 0 Å². The Morgan fingerprint density at radius 2 is 1.95 bits per heavy atom. The van der Waals surface area contributed by atoms with Crippen LogP contribution in [-0.4, -0.2) is 19.9 Å². The first kappa shape index (κ1) is 14.0. The molecule has 0 radical (unpaired) electrons. The molecule has 0 saturated carbocycles. The molecule has 2 rings (SSSR count). The summed E-state index contributed by atoms with van der Waals surface area (Å²) in [5.41, 5.74) is -0.817. The van der Waals surface area contributed by atoms with E-state index in [0.29, 0.717) is 17.1 Å². The van der Waals surface area contributed by atoms with Crippen LogP contribution in [0.3, 0.4) is 0 Å². The summed E-state index contributed by atoms with van der Waals surface area (Å²) in [6.45, 7) is 6.24. The first-order valence-electron chi connectivity index (χ1n) is 6.14. The number of hydrogen-bond acceptors (Lipinski definition) is 3. The van der Waals surface area contributed by atoms with Crippen LogP contribution in [0.15, 0.2) is 36.9 Å². The van der Waals surface area contributed by atoms with Gasteiger partial charge in [-0.05, 0) is 11.5 Å². The van der Waals surface area contributed by atoms with E-state index in [0.717, 1.165) is 0 Å². The van der Waals surface area contributed by atoms with Crippen molar-refractivity contribution in [2.75, 3.05) is 0 Å². The van der Waals surface area contributed by atoms with Gasteiger partial charge in [-0.25, -0.2) is 9.67 Å². The van der Waals surface area contributed by atoms with Crippen molar-refractivity contribution in [3.63, 3.8) is 0 Å². The lowest BCUT2D eigenvalue weighted by molar-refractivity contribution is -0.0803. The molecule has 0 saturated heterocycles. The molecule has 1 aromatic carbocycles. The molecular weight excluding hydrogens is 262 g/mol. The normalized spacial score (nSPS) is 15.2. The highest BCUT2D eigenvalue weighted by molar-refractivity contribution is 6.31. The number of nitrogens with zero attached hydrogens (tertiary/aromatic N) is 3. The summed E-state index contributed by atoms with van der Waals surface area (Å²) in [6.07, 6.45) is 3.04. The minimum absolute atomic E-state index is 0.306. The third kappa shape index (κ3) is 2.65. The summed E-state index contributed by atoms with van der Waals surface area (Å²) in [4.78, 5) is 3.91. The maximum Gasteiger partial charge on any atom is 0.137 e. The fraction of sp³-hybridized carbons (Fsp3) is 0.429. The molecule has 0 aliphatic heterocycles. The third-order valence-electron chi connectivity index (χ3n) is 3.42. The second kappa shape index (κ2) is 4.94. The molecule has 2 aromatic rings. The smallest absolute Gasteiger partial charge is 0.137 e. The molecule has 0 amide bonds. The lowest BCUT2D eigenvalue weighted by Crippen LogP contribution is -2.44. The van der Waals surface area contributed by atoms with Gasteiger partial charge in [0.2, 0.25) is 0 Å². The Labute approximate surface area is 118 Å². The molecule has 5 heteroatoms. The molecule has 0 spiro atoms. The molecule has 0 aliphatic rings. The number of hydrogen-bond donors (Lipinski definition) is 1. The minimum atomic E-state index is -1.13. The van der Waals surface area contributed by atoms with Gasteiger partial charge in [0.25, 0.3) is 0 Å². The average Bonchev–Trinajstić information content (AvgIpc) is 2.80. The van der Waals surface area contributed by atoms with Crippen LogP contribution in [-0.2, 0) is 12.1 Å². The van der Waals surface area contributed by atoms with E-state index in [4.69, 9.17) is 11.6 Å². The highest BCUT2D eigenvalue weighted by Crippen LogP contribution is 2.43. The maximum absolute atomic E-state index is 11.2. The van der Waals surface area contributed by atoms with E-state index < -0.39 is 11.0 Å². The zero-order chi connectivity index (χ0) is 14.1. The quantitative estimate of drug-likeness (QED) is 0.940. The number of aromatic nitrogens is 3. The van der Waals surface area contributed by atoms with E-state index in [1.54, 1.807) is 17.1 Å². The Morgan fingerprint density at radius 3 is 2.47 bits per heavy atom. The largest absolute Gasteiger partial charge is 0.383 e. The summed E-state index contributed by atoms with van der Waals surface area (Å²) < 4.78 is 1.62. The highest BCUT2D eigenvalue weighted by Gasteiger charge is 2.43. The number of halogens is 1. The first-order chi connectivity index (χ1) is 8.84. The van der Waals surface area contributed by atoms with Crippen LogP contribution in [0, 0.1) is 5.41 Å². The standard InChI is InChI=1S/C14H18ClN3O/c1-13(2,3)14(19,8-18-10-16-9-17-18)11-6-4-5-7-12(11)15/h4-7,9-10,19H,8H2,1-3H3. The van der Waals surface area contributed by atoms with Crippen molar-refractivity contribution in [2.24, 2.45) is 5.41 Å². The maximum atomic E-state index is 11.2. The summed E-state index contributed by atoms with van der Waals surface area (Å²) in [5, 5.41) is 15.8. The van der Waals surface area contributed by atoms with Gasteiger partial charge in [0.15, 0.2) is 0 Å². The summed E-state index contributed by atoms with van der Waals surface area (Å²) in [7, 11) is 0. The predicted octanol–water partition coefficient (Wildman–Crippen LogP) is 2.87. The molecule has 4 nitrogen and oxygen atoms in total. The van der Waals surface area contributed by atoms with Gasteiger partial charge in [0, 0.05) is 10.6 Å². The van der Waals surface area contributed by atoms with Gasteiger partial charge < -0.3 is 5.11 Å². The van der Waals surface area contributed by atoms with Crippen molar-refractivity contribution < 1.29 is 5.11 Å². The van der Waals surface area contributed by atoms with Crippen molar-refractivity contribution in [3.8, 4) is 0 Å². The van der Waals surface area contributed by atoms with Gasteiger partial charge in [0.05, 0.1) is 6.54 Å². The lowest BCUT2D eigenvalue weighted by Gasteiger charge is -2.41. The van der Waals surface area contributed by atoms with Gasteiger partial charge in [-0.1, -0.05) is 50.6 Å². The van der Waals surface area contributed by atoms with Crippen LogP contribution >= 0.6 is 11.6 Å². The molecule has 102 valence electrons. The fourth-order valence-electron chi connectivity index (χ4n) is 2.07. The van der Waals surface area contributed by atoms with Crippen LogP contribution in [0.2, 0.25) is 5.02 Å². The van der Waals surface area contributed by atoms with Gasteiger partial charge in [-0.3, -0.25) is 0 Å². The van der Waals surface area contributed by atoms with E-state index in [2.05, 4.69) is 10.1 Å². The van der Waals surface area contributed by atoms with Crippen molar-refractivity contribution in [1.82, 2.24) is 14.8 Å². The summed E-state index contributed by atoms with van der Waals surface area (Å²) in [5.74, 6) is 0. The molecule has 1 heterocycles. The number of benzene rings is 1. The number of aliphatic hydroxyl groups is 1. The number of rotatable bonds is 3. The Morgan fingerprint density at radius 1 is 1.26 bits per heavy atom. The van der Waals surface area contributed by atoms with Crippen LogP contribution in [0.4, 0.5) is 0 Å². The zero-order valence-electron chi connectivity index (χ0n) is 11.3. The third-order valence-corrected chi connectivity index (χ3v) is 3.75. The molecule has 1 N–H and O–H groups in total. The van der Waals surface area contributed by atoms with Crippen molar-refractivity contribution in [3.05, 3.63) is 47.5 Å². The van der Waals surface area contributed by atoms with Gasteiger partial charge in [-0.15, -0.1) is 0 Å². The van der Waals surface area contributed by atoms with Crippen molar-refractivity contribution >= 4 is 11.6 Å². The highest BCUT2D eigenvalue weighted by atomic mass is 35.5. The SMILES string of the molecule is CC(C)(C)C(O)(Cn1cncn1)c1ccccc1Cl. The fourth-order valence-corrected chi connectivity index (χ4v) is 2.36. The van der Waals surface area contributed by atoms with Gasteiger partial charge in [-0.2, -0.15) is 5.10 Å². The monoisotopic (exact) mass is 279 g/mol. The van der Waals surface area contributed by atoms with Crippen LogP contribution in [0.5, 0.6) is 0 Å².